The van der Waals surface area contributed by atoms with Crippen molar-refractivity contribution in [3.8, 4) is 0 Å². The average molecular weight is 325 g/mol. The van der Waals surface area contributed by atoms with Gasteiger partial charge in [0.25, 0.3) is 0 Å². The molecule has 0 aromatic carbocycles. The van der Waals surface area contributed by atoms with Crippen LogP contribution in [0.2, 0.25) is 0 Å². The fraction of sp³-hybridized carbons (Fsp3) is 1.00. The summed E-state index contributed by atoms with van der Waals surface area (Å²) in [4.78, 5) is 5.30. The highest BCUT2D eigenvalue weighted by Gasteiger charge is 2.30. The van der Waals surface area contributed by atoms with Gasteiger partial charge in [0.15, 0.2) is 0 Å². The van der Waals surface area contributed by atoms with Crippen LogP contribution >= 0.6 is 0 Å². The lowest BCUT2D eigenvalue weighted by Crippen LogP contribution is -2.53. The molecule has 2 rings (SSSR count). The Morgan fingerprint density at radius 3 is 1.91 bits per heavy atom. The van der Waals surface area contributed by atoms with E-state index in [0.29, 0.717) is 5.54 Å². The first-order valence-electron chi connectivity index (χ1n) is 9.75. The molecule has 2 aliphatic rings. The smallest absolute Gasteiger partial charge is 0.0598 e. The standard InChI is InChI=1S/C20H40N2O/c1-19(2,3)22-12-10-21(11-13-22)9-7-17-15-18(16-17)8-14-23-20(4,5)6/h17-18H,7-16H2,1-6H3. The van der Waals surface area contributed by atoms with E-state index in [2.05, 4.69) is 51.3 Å². The van der Waals surface area contributed by atoms with Gasteiger partial charge in [-0.2, -0.15) is 0 Å². The topological polar surface area (TPSA) is 15.7 Å². The molecule has 136 valence electrons. The minimum absolute atomic E-state index is 0.0261. The summed E-state index contributed by atoms with van der Waals surface area (Å²) in [7, 11) is 0. The minimum atomic E-state index is 0.0261. The second kappa shape index (κ2) is 7.84. The lowest BCUT2D eigenvalue weighted by Gasteiger charge is -2.43. The summed E-state index contributed by atoms with van der Waals surface area (Å²) in [6.07, 6.45) is 5.55. The maximum absolute atomic E-state index is 5.85. The van der Waals surface area contributed by atoms with Gasteiger partial charge >= 0.3 is 0 Å². The SMILES string of the molecule is CC(C)(C)OCCC1CC(CCN2CCN(C(C)(C)C)CC2)C1. The van der Waals surface area contributed by atoms with Crippen LogP contribution in [0.15, 0.2) is 0 Å². The summed E-state index contributed by atoms with van der Waals surface area (Å²) >= 11 is 0. The van der Waals surface area contributed by atoms with Gasteiger partial charge in [0, 0.05) is 38.3 Å². The molecule has 1 aliphatic carbocycles. The second-order valence-corrected chi connectivity index (χ2v) is 9.74. The second-order valence-electron chi connectivity index (χ2n) is 9.74. The van der Waals surface area contributed by atoms with Gasteiger partial charge in [-0.05, 0) is 85.6 Å². The number of nitrogens with zero attached hydrogens (tertiary/aromatic N) is 2. The van der Waals surface area contributed by atoms with Gasteiger partial charge < -0.3 is 9.64 Å². The predicted molar refractivity (Wildman–Crippen MR) is 98.9 cm³/mol. The van der Waals surface area contributed by atoms with E-state index in [1.807, 2.05) is 0 Å². The average Bonchev–Trinajstić information content (AvgIpc) is 2.38. The van der Waals surface area contributed by atoms with Crippen molar-refractivity contribution in [1.82, 2.24) is 9.80 Å². The van der Waals surface area contributed by atoms with Crippen LogP contribution < -0.4 is 0 Å². The van der Waals surface area contributed by atoms with Crippen molar-refractivity contribution in [3.63, 3.8) is 0 Å². The third-order valence-electron chi connectivity index (χ3n) is 5.57. The van der Waals surface area contributed by atoms with E-state index in [-0.39, 0.29) is 5.60 Å². The van der Waals surface area contributed by atoms with Crippen LogP contribution in [0.4, 0.5) is 0 Å². The van der Waals surface area contributed by atoms with E-state index in [9.17, 15) is 0 Å². The highest BCUT2D eigenvalue weighted by Crippen LogP contribution is 2.38. The molecule has 3 nitrogen and oxygen atoms in total. The molecule has 0 N–H and O–H groups in total. The van der Waals surface area contributed by atoms with Crippen molar-refractivity contribution < 1.29 is 4.74 Å². The third kappa shape index (κ3) is 6.72. The fourth-order valence-corrected chi connectivity index (χ4v) is 3.88. The van der Waals surface area contributed by atoms with Crippen LogP contribution in [-0.2, 0) is 4.74 Å². The van der Waals surface area contributed by atoms with Gasteiger partial charge in [-0.15, -0.1) is 0 Å². The molecule has 23 heavy (non-hydrogen) atoms. The Morgan fingerprint density at radius 2 is 1.39 bits per heavy atom. The van der Waals surface area contributed by atoms with Crippen molar-refractivity contribution >= 4 is 0 Å². The summed E-state index contributed by atoms with van der Waals surface area (Å²) in [6.45, 7) is 20.7. The van der Waals surface area contributed by atoms with Crippen LogP contribution in [0, 0.1) is 11.8 Å². The molecule has 0 amide bonds. The van der Waals surface area contributed by atoms with Gasteiger partial charge in [0.1, 0.15) is 0 Å². The van der Waals surface area contributed by atoms with E-state index in [0.717, 1.165) is 18.4 Å². The first-order valence-corrected chi connectivity index (χ1v) is 9.75. The Bertz CT molecular complexity index is 342. The molecule has 0 atom stereocenters. The Balaban J connectivity index is 1.51. The number of rotatable bonds is 6. The van der Waals surface area contributed by atoms with Gasteiger partial charge in [-0.3, -0.25) is 4.90 Å². The number of piperazine rings is 1. The van der Waals surface area contributed by atoms with Crippen LogP contribution in [0.25, 0.3) is 0 Å². The molecular formula is C20H40N2O. The fourth-order valence-electron chi connectivity index (χ4n) is 3.88. The maximum atomic E-state index is 5.85. The summed E-state index contributed by atoms with van der Waals surface area (Å²) in [5.74, 6) is 1.91. The first kappa shape index (κ1) is 19.2. The zero-order valence-electron chi connectivity index (χ0n) is 16.5. The first-order chi connectivity index (χ1) is 10.6. The Labute approximate surface area is 144 Å². The molecule has 0 bridgehead atoms. The van der Waals surface area contributed by atoms with Crippen LogP contribution in [-0.4, -0.2) is 60.3 Å². The summed E-state index contributed by atoms with van der Waals surface area (Å²) in [5.41, 5.74) is 0.362. The quantitative estimate of drug-likeness (QED) is 0.734. The zero-order chi connectivity index (χ0) is 17.1. The van der Waals surface area contributed by atoms with E-state index >= 15 is 0 Å². The van der Waals surface area contributed by atoms with Crippen molar-refractivity contribution in [2.75, 3.05) is 39.3 Å². The molecule has 0 unspecified atom stereocenters. The van der Waals surface area contributed by atoms with Crippen LogP contribution in [0.3, 0.4) is 0 Å². The largest absolute Gasteiger partial charge is 0.376 e. The van der Waals surface area contributed by atoms with Gasteiger partial charge in [0.2, 0.25) is 0 Å². The Morgan fingerprint density at radius 1 is 0.826 bits per heavy atom. The minimum Gasteiger partial charge on any atom is -0.376 e. The van der Waals surface area contributed by atoms with Crippen molar-refractivity contribution in [2.45, 2.75) is 78.4 Å². The molecule has 1 heterocycles. The van der Waals surface area contributed by atoms with E-state index in [4.69, 9.17) is 4.74 Å². The molecule has 3 heteroatoms. The highest BCUT2D eigenvalue weighted by atomic mass is 16.5. The zero-order valence-corrected chi connectivity index (χ0v) is 16.5. The van der Waals surface area contributed by atoms with Gasteiger partial charge in [-0.1, -0.05) is 0 Å². The maximum Gasteiger partial charge on any atom is 0.0598 e. The van der Waals surface area contributed by atoms with Gasteiger partial charge in [0.05, 0.1) is 5.60 Å². The molecule has 1 aliphatic heterocycles. The van der Waals surface area contributed by atoms with E-state index in [1.54, 1.807) is 0 Å². The lowest BCUT2D eigenvalue weighted by molar-refractivity contribution is -0.0185. The van der Waals surface area contributed by atoms with E-state index in [1.165, 1.54) is 58.4 Å². The van der Waals surface area contributed by atoms with Crippen molar-refractivity contribution in [1.29, 1.82) is 0 Å². The summed E-state index contributed by atoms with van der Waals surface area (Å²) in [6, 6.07) is 0. The molecule has 1 saturated heterocycles. The lowest BCUT2D eigenvalue weighted by atomic mass is 9.72. The monoisotopic (exact) mass is 324 g/mol. The summed E-state index contributed by atoms with van der Waals surface area (Å²) in [5, 5.41) is 0. The number of hydrogen-bond donors (Lipinski definition) is 0. The Hall–Kier alpha value is -0.120. The molecular weight excluding hydrogens is 284 g/mol. The highest BCUT2D eigenvalue weighted by molar-refractivity contribution is 4.84. The van der Waals surface area contributed by atoms with Gasteiger partial charge in [-0.25, -0.2) is 0 Å². The van der Waals surface area contributed by atoms with Crippen molar-refractivity contribution in [2.24, 2.45) is 11.8 Å². The molecule has 0 aromatic rings. The molecule has 0 spiro atoms. The number of hydrogen-bond acceptors (Lipinski definition) is 3. The Kier molecular flexibility index (Phi) is 6.55. The van der Waals surface area contributed by atoms with Crippen LogP contribution in [0.5, 0.6) is 0 Å². The molecule has 0 aromatic heterocycles. The summed E-state index contributed by atoms with van der Waals surface area (Å²) < 4.78 is 5.85. The van der Waals surface area contributed by atoms with E-state index < -0.39 is 0 Å². The molecule has 2 fully saturated rings. The molecule has 1 saturated carbocycles. The van der Waals surface area contributed by atoms with Crippen LogP contribution in [0.1, 0.15) is 67.2 Å². The molecule has 0 radical (unpaired) electrons. The number of ether oxygens (including phenoxy) is 1. The predicted octanol–water partition coefficient (Wildman–Crippen LogP) is 4.02. The normalized spacial score (nSPS) is 27.9. The van der Waals surface area contributed by atoms with Crippen molar-refractivity contribution in [3.05, 3.63) is 0 Å². The third-order valence-corrected chi connectivity index (χ3v) is 5.57.